The Balaban J connectivity index is 1.53. The lowest BCUT2D eigenvalue weighted by atomic mass is 9.65. The predicted molar refractivity (Wildman–Crippen MR) is 99.6 cm³/mol. The summed E-state index contributed by atoms with van der Waals surface area (Å²) in [5, 5.41) is 4.15. The van der Waals surface area contributed by atoms with Crippen LogP contribution in [0, 0.1) is 17.8 Å². The minimum atomic E-state index is 0.0349. The number of carbonyl (C=O) groups excluding carboxylic acids is 1. The fourth-order valence-electron chi connectivity index (χ4n) is 5.01. The van der Waals surface area contributed by atoms with Crippen LogP contribution in [-0.4, -0.2) is 28.5 Å². The summed E-state index contributed by atoms with van der Waals surface area (Å²) in [6, 6.07) is 6.40. The van der Waals surface area contributed by atoms with E-state index in [-0.39, 0.29) is 11.4 Å². The summed E-state index contributed by atoms with van der Waals surface area (Å²) in [5.74, 6) is 0. The normalized spacial score (nSPS) is 28.3. The second kappa shape index (κ2) is 5.19. The molecule has 128 valence electrons. The lowest BCUT2D eigenvalue weighted by Gasteiger charge is -2.39. The SMILES string of the molecule is Cc1nc2cc(NC(=O)N3C[C@@]4(C)C[C@H]3CC(C)(C)C4)ccc2s1. The van der Waals surface area contributed by atoms with E-state index in [9.17, 15) is 4.79 Å². The van der Waals surface area contributed by atoms with E-state index in [4.69, 9.17) is 0 Å². The van der Waals surface area contributed by atoms with Crippen molar-refractivity contribution in [2.24, 2.45) is 10.8 Å². The van der Waals surface area contributed by atoms with Gasteiger partial charge in [0, 0.05) is 18.3 Å². The van der Waals surface area contributed by atoms with Crippen molar-refractivity contribution in [2.75, 3.05) is 11.9 Å². The van der Waals surface area contributed by atoms with Gasteiger partial charge in [0.25, 0.3) is 0 Å². The van der Waals surface area contributed by atoms with Crippen LogP contribution in [-0.2, 0) is 0 Å². The second-order valence-corrected chi connectivity index (χ2v) is 9.92. The minimum Gasteiger partial charge on any atom is -0.321 e. The molecule has 2 heterocycles. The van der Waals surface area contributed by atoms with E-state index in [0.717, 1.165) is 40.3 Å². The molecule has 4 rings (SSSR count). The Kier molecular flexibility index (Phi) is 3.43. The summed E-state index contributed by atoms with van der Waals surface area (Å²) in [6.45, 7) is 9.87. The van der Waals surface area contributed by atoms with Crippen LogP contribution >= 0.6 is 11.3 Å². The van der Waals surface area contributed by atoms with Gasteiger partial charge in [-0.2, -0.15) is 0 Å². The number of anilines is 1. The van der Waals surface area contributed by atoms with Gasteiger partial charge in [-0.15, -0.1) is 11.3 Å². The zero-order chi connectivity index (χ0) is 17.1. The molecule has 0 radical (unpaired) electrons. The van der Waals surface area contributed by atoms with E-state index < -0.39 is 0 Å². The number of thiazole rings is 1. The summed E-state index contributed by atoms with van der Waals surface area (Å²) in [5.41, 5.74) is 2.39. The number of hydrogen-bond donors (Lipinski definition) is 1. The van der Waals surface area contributed by atoms with Gasteiger partial charge < -0.3 is 10.2 Å². The third kappa shape index (κ3) is 2.79. The molecule has 2 amide bonds. The Bertz CT molecular complexity index is 812. The molecule has 5 heteroatoms. The molecule has 2 bridgehead atoms. The van der Waals surface area contributed by atoms with Gasteiger partial charge in [0.15, 0.2) is 0 Å². The first-order valence-corrected chi connectivity index (χ1v) is 9.50. The number of likely N-dealkylation sites (tertiary alicyclic amines) is 1. The standard InChI is InChI=1S/C19H25N3OS/c1-12-20-15-7-13(5-6-16(15)24-12)21-17(23)22-11-19(4)9-14(22)8-18(2,3)10-19/h5-7,14H,8-11H2,1-4H3,(H,21,23)/t14-,19+/m1/s1. The number of benzene rings is 1. The highest BCUT2D eigenvalue weighted by Crippen LogP contribution is 2.52. The van der Waals surface area contributed by atoms with E-state index in [1.54, 1.807) is 11.3 Å². The molecule has 1 aliphatic heterocycles. The number of amides is 2. The molecule has 1 saturated carbocycles. The van der Waals surface area contributed by atoms with Gasteiger partial charge in [-0.25, -0.2) is 9.78 Å². The number of aryl methyl sites for hydroxylation is 1. The summed E-state index contributed by atoms with van der Waals surface area (Å²) in [4.78, 5) is 19.4. The molecule has 0 unspecified atom stereocenters. The topological polar surface area (TPSA) is 45.2 Å². The fourth-order valence-corrected chi connectivity index (χ4v) is 5.82. The molecule has 1 saturated heterocycles. The van der Waals surface area contributed by atoms with Crippen molar-refractivity contribution in [3.8, 4) is 0 Å². The molecule has 24 heavy (non-hydrogen) atoms. The zero-order valence-electron chi connectivity index (χ0n) is 14.8. The van der Waals surface area contributed by atoms with Crippen LogP contribution in [0.5, 0.6) is 0 Å². The largest absolute Gasteiger partial charge is 0.322 e. The Labute approximate surface area is 147 Å². The van der Waals surface area contributed by atoms with Crippen molar-refractivity contribution in [1.82, 2.24) is 9.88 Å². The van der Waals surface area contributed by atoms with Crippen molar-refractivity contribution in [3.05, 3.63) is 23.2 Å². The molecule has 1 aromatic heterocycles. The molecule has 2 atom stereocenters. The summed E-state index contributed by atoms with van der Waals surface area (Å²) < 4.78 is 1.16. The number of aromatic nitrogens is 1. The first-order valence-electron chi connectivity index (χ1n) is 8.68. The Morgan fingerprint density at radius 2 is 2.12 bits per heavy atom. The maximum Gasteiger partial charge on any atom is 0.322 e. The average Bonchev–Trinajstić information content (AvgIpc) is 2.93. The molecule has 2 fully saturated rings. The van der Waals surface area contributed by atoms with Gasteiger partial charge in [0.2, 0.25) is 0 Å². The quantitative estimate of drug-likeness (QED) is 0.788. The van der Waals surface area contributed by atoms with Crippen LogP contribution in [0.3, 0.4) is 0 Å². The van der Waals surface area contributed by atoms with Crippen LogP contribution in [0.25, 0.3) is 10.2 Å². The number of nitrogens with one attached hydrogen (secondary N) is 1. The predicted octanol–water partition coefficient (Wildman–Crippen LogP) is 5.04. The van der Waals surface area contributed by atoms with E-state index in [1.807, 2.05) is 25.1 Å². The summed E-state index contributed by atoms with van der Waals surface area (Å²) >= 11 is 1.68. The number of rotatable bonds is 1. The van der Waals surface area contributed by atoms with E-state index in [1.165, 1.54) is 6.42 Å². The van der Waals surface area contributed by atoms with E-state index >= 15 is 0 Å². The van der Waals surface area contributed by atoms with Crippen LogP contribution in [0.1, 0.15) is 45.0 Å². The number of hydrogen-bond acceptors (Lipinski definition) is 3. The molecular weight excluding hydrogens is 318 g/mol. The zero-order valence-corrected chi connectivity index (χ0v) is 15.7. The number of nitrogens with zero attached hydrogens (tertiary/aromatic N) is 2. The van der Waals surface area contributed by atoms with Gasteiger partial charge in [0.1, 0.15) is 0 Å². The Morgan fingerprint density at radius 1 is 1.33 bits per heavy atom. The number of urea groups is 1. The highest BCUT2D eigenvalue weighted by atomic mass is 32.1. The van der Waals surface area contributed by atoms with Crippen molar-refractivity contribution in [1.29, 1.82) is 0 Å². The molecule has 1 aromatic carbocycles. The van der Waals surface area contributed by atoms with Crippen LogP contribution in [0.2, 0.25) is 0 Å². The van der Waals surface area contributed by atoms with Crippen LogP contribution in [0.4, 0.5) is 10.5 Å². The molecular formula is C19H25N3OS. The fraction of sp³-hybridized carbons (Fsp3) is 0.579. The van der Waals surface area contributed by atoms with Gasteiger partial charge in [-0.3, -0.25) is 0 Å². The van der Waals surface area contributed by atoms with Crippen LogP contribution < -0.4 is 5.32 Å². The van der Waals surface area contributed by atoms with E-state index in [2.05, 4.69) is 36.0 Å². The molecule has 1 N–H and O–H groups in total. The number of fused-ring (bicyclic) bond motifs is 3. The van der Waals surface area contributed by atoms with Gasteiger partial charge >= 0.3 is 6.03 Å². The minimum absolute atomic E-state index is 0.0349. The van der Waals surface area contributed by atoms with Crippen molar-refractivity contribution >= 4 is 33.3 Å². The maximum atomic E-state index is 12.8. The first-order chi connectivity index (χ1) is 11.2. The lowest BCUT2D eigenvalue weighted by molar-refractivity contribution is 0.130. The Morgan fingerprint density at radius 3 is 2.92 bits per heavy atom. The highest BCUT2D eigenvalue weighted by Gasteiger charge is 2.50. The van der Waals surface area contributed by atoms with Crippen molar-refractivity contribution in [3.63, 3.8) is 0 Å². The molecule has 1 aliphatic carbocycles. The first kappa shape index (κ1) is 15.9. The molecule has 4 nitrogen and oxygen atoms in total. The Hall–Kier alpha value is -1.62. The van der Waals surface area contributed by atoms with Gasteiger partial charge in [-0.1, -0.05) is 20.8 Å². The average molecular weight is 343 g/mol. The van der Waals surface area contributed by atoms with Crippen LogP contribution in [0.15, 0.2) is 18.2 Å². The summed E-state index contributed by atoms with van der Waals surface area (Å²) in [6.07, 6.45) is 3.43. The molecule has 2 aromatic rings. The molecule has 2 aliphatic rings. The summed E-state index contributed by atoms with van der Waals surface area (Å²) in [7, 11) is 0. The lowest BCUT2D eigenvalue weighted by Crippen LogP contribution is -2.40. The maximum absolute atomic E-state index is 12.8. The highest BCUT2D eigenvalue weighted by molar-refractivity contribution is 7.18. The third-order valence-corrected chi connectivity index (χ3v) is 6.37. The van der Waals surface area contributed by atoms with Crippen molar-refractivity contribution in [2.45, 2.75) is 53.0 Å². The smallest absolute Gasteiger partial charge is 0.321 e. The van der Waals surface area contributed by atoms with E-state index in [0.29, 0.717) is 11.5 Å². The van der Waals surface area contributed by atoms with Crippen molar-refractivity contribution < 1.29 is 4.79 Å². The third-order valence-electron chi connectivity index (χ3n) is 5.42. The van der Waals surface area contributed by atoms with Gasteiger partial charge in [-0.05, 0) is 55.2 Å². The second-order valence-electron chi connectivity index (χ2n) is 8.69. The monoisotopic (exact) mass is 343 g/mol. The van der Waals surface area contributed by atoms with Gasteiger partial charge in [0.05, 0.1) is 15.2 Å². The number of carbonyl (C=O) groups is 1. The molecule has 0 spiro atoms.